The summed E-state index contributed by atoms with van der Waals surface area (Å²) in [5, 5.41) is 0. The van der Waals surface area contributed by atoms with Crippen molar-refractivity contribution in [2.75, 3.05) is 34.4 Å². The Morgan fingerprint density at radius 2 is 1.66 bits per heavy atom. The summed E-state index contributed by atoms with van der Waals surface area (Å²) < 4.78 is 47.3. The largest absolute Gasteiger partial charge is 0.496 e. The van der Waals surface area contributed by atoms with E-state index < -0.39 is 9.84 Å². The molecule has 3 aromatic rings. The Balaban J connectivity index is 1.49. The monoisotopic (exact) mass is 497 g/mol. The van der Waals surface area contributed by atoms with Crippen LogP contribution >= 0.6 is 0 Å². The lowest BCUT2D eigenvalue weighted by Gasteiger charge is -2.27. The third-order valence-corrected chi connectivity index (χ3v) is 7.49. The number of nitrogens with zero attached hydrogens (tertiary/aromatic N) is 1. The van der Waals surface area contributed by atoms with Crippen LogP contribution in [0.2, 0.25) is 0 Å². The fraction of sp³-hybridized carbons (Fsp3) is 0.269. The molecule has 0 aliphatic carbocycles. The van der Waals surface area contributed by atoms with Crippen LogP contribution in [0.4, 0.5) is 0 Å². The Morgan fingerprint density at radius 3 is 2.23 bits per heavy atom. The molecule has 184 valence electrons. The molecule has 1 aliphatic heterocycles. The second-order valence-corrected chi connectivity index (χ2v) is 9.97. The highest BCUT2D eigenvalue weighted by Gasteiger charge is 2.26. The van der Waals surface area contributed by atoms with Crippen molar-refractivity contribution in [3.05, 3.63) is 77.8 Å². The van der Waals surface area contributed by atoms with Crippen molar-refractivity contribution in [1.82, 2.24) is 4.90 Å². The third-order valence-electron chi connectivity index (χ3n) is 5.84. The molecule has 0 saturated carbocycles. The van der Waals surface area contributed by atoms with Gasteiger partial charge in [-0.05, 0) is 36.3 Å². The normalized spacial score (nSPS) is 13.8. The van der Waals surface area contributed by atoms with Crippen molar-refractivity contribution < 1.29 is 31.8 Å². The first kappa shape index (κ1) is 24.4. The molecule has 1 amide bonds. The van der Waals surface area contributed by atoms with E-state index in [4.69, 9.17) is 18.6 Å². The van der Waals surface area contributed by atoms with Crippen molar-refractivity contribution in [3.63, 3.8) is 0 Å². The van der Waals surface area contributed by atoms with E-state index >= 15 is 0 Å². The summed E-state index contributed by atoms with van der Waals surface area (Å²) in [6.07, 6.45) is 2.54. The predicted molar refractivity (Wildman–Crippen MR) is 131 cm³/mol. The fourth-order valence-corrected chi connectivity index (χ4v) is 5.30. The first-order valence-corrected chi connectivity index (χ1v) is 12.7. The number of carbonyl (C=O) groups is 1. The van der Waals surface area contributed by atoms with E-state index in [9.17, 15) is 13.2 Å². The predicted octanol–water partition coefficient (Wildman–Crippen LogP) is 4.21. The highest BCUT2D eigenvalue weighted by Crippen LogP contribution is 2.41. The number of hydrogen-bond donors (Lipinski definition) is 0. The molecular formula is C26H27NO7S. The van der Waals surface area contributed by atoms with Gasteiger partial charge in [0.15, 0.2) is 15.6 Å². The summed E-state index contributed by atoms with van der Waals surface area (Å²) in [6.45, 7) is 0.826. The molecule has 2 aromatic carbocycles. The summed E-state index contributed by atoms with van der Waals surface area (Å²) in [5.74, 6) is 1.60. The van der Waals surface area contributed by atoms with Gasteiger partial charge in [-0.25, -0.2) is 8.42 Å². The van der Waals surface area contributed by atoms with Gasteiger partial charge in [-0.1, -0.05) is 24.3 Å². The van der Waals surface area contributed by atoms with Crippen molar-refractivity contribution >= 4 is 21.3 Å². The molecule has 0 fully saturated rings. The van der Waals surface area contributed by atoms with Gasteiger partial charge in [-0.15, -0.1) is 0 Å². The Morgan fingerprint density at radius 1 is 0.971 bits per heavy atom. The van der Waals surface area contributed by atoms with Gasteiger partial charge in [0.05, 0.1) is 31.8 Å². The van der Waals surface area contributed by atoms with E-state index in [1.807, 2.05) is 6.08 Å². The lowest BCUT2D eigenvalue weighted by atomic mass is 9.97. The molecule has 9 heteroatoms. The number of methoxy groups -OCH3 is 3. The molecule has 8 nitrogen and oxygen atoms in total. The van der Waals surface area contributed by atoms with Crippen LogP contribution in [0.3, 0.4) is 0 Å². The molecule has 0 unspecified atom stereocenters. The van der Waals surface area contributed by atoms with Gasteiger partial charge in [-0.2, -0.15) is 0 Å². The molecular weight excluding hydrogens is 470 g/mol. The molecule has 0 atom stereocenters. The second-order valence-electron chi connectivity index (χ2n) is 7.98. The van der Waals surface area contributed by atoms with Crippen LogP contribution in [0.1, 0.15) is 28.3 Å². The minimum Gasteiger partial charge on any atom is -0.496 e. The average molecular weight is 498 g/mol. The van der Waals surface area contributed by atoms with Crippen LogP contribution in [0, 0.1) is 0 Å². The molecule has 35 heavy (non-hydrogen) atoms. The third kappa shape index (κ3) is 5.19. The van der Waals surface area contributed by atoms with E-state index in [1.165, 1.54) is 24.3 Å². The van der Waals surface area contributed by atoms with Gasteiger partial charge in [0, 0.05) is 25.2 Å². The zero-order valence-electron chi connectivity index (χ0n) is 19.8. The Kier molecular flexibility index (Phi) is 7.16. The fourth-order valence-electron chi connectivity index (χ4n) is 4.03. The van der Waals surface area contributed by atoms with Crippen LogP contribution in [0.5, 0.6) is 17.2 Å². The summed E-state index contributed by atoms with van der Waals surface area (Å²) in [4.78, 5) is 14.9. The summed E-state index contributed by atoms with van der Waals surface area (Å²) >= 11 is 0. The number of hydrogen-bond acceptors (Lipinski definition) is 7. The summed E-state index contributed by atoms with van der Waals surface area (Å²) in [7, 11) is 1.18. The molecule has 0 saturated heterocycles. The van der Waals surface area contributed by atoms with Crippen molar-refractivity contribution in [3.8, 4) is 17.2 Å². The minimum absolute atomic E-state index is 0.111. The number of benzene rings is 2. The highest BCUT2D eigenvalue weighted by molar-refractivity contribution is 7.90. The SMILES string of the molecule is COc1cc(OC)c(C2=CCN(C(=O)c3ccc(CS(=O)(=O)c4ccccc4)o3)CC2)c(OC)c1. The molecule has 1 aliphatic rings. The van der Waals surface area contributed by atoms with Crippen LogP contribution < -0.4 is 14.2 Å². The zero-order chi connectivity index (χ0) is 25.0. The van der Waals surface area contributed by atoms with Gasteiger partial charge in [0.25, 0.3) is 5.91 Å². The maximum Gasteiger partial charge on any atom is 0.289 e. The molecule has 4 rings (SSSR count). The van der Waals surface area contributed by atoms with Gasteiger partial charge in [-0.3, -0.25) is 4.79 Å². The van der Waals surface area contributed by atoms with Crippen LogP contribution in [-0.4, -0.2) is 53.6 Å². The number of furan rings is 1. The number of sulfone groups is 1. The van der Waals surface area contributed by atoms with E-state index in [0.717, 1.165) is 11.1 Å². The van der Waals surface area contributed by atoms with E-state index in [0.29, 0.717) is 36.8 Å². The standard InChI is InChI=1S/C26H27NO7S/c1-31-20-15-23(32-2)25(24(16-20)33-3)18-11-13-27(14-12-18)26(28)22-10-9-19(34-22)17-35(29,30)21-7-5-4-6-8-21/h4-11,15-16H,12-14,17H2,1-3H3. The van der Waals surface area contributed by atoms with Crippen LogP contribution in [-0.2, 0) is 15.6 Å². The molecule has 0 radical (unpaired) electrons. The first-order chi connectivity index (χ1) is 16.9. The topological polar surface area (TPSA) is 95.3 Å². The second kappa shape index (κ2) is 10.3. The molecule has 0 bridgehead atoms. The molecule has 1 aromatic heterocycles. The van der Waals surface area contributed by atoms with Crippen molar-refractivity contribution in [2.45, 2.75) is 17.1 Å². The smallest absolute Gasteiger partial charge is 0.289 e. The summed E-state index contributed by atoms with van der Waals surface area (Å²) in [5.41, 5.74) is 1.83. The molecule has 2 heterocycles. The number of carbonyl (C=O) groups excluding carboxylic acids is 1. The maximum atomic E-state index is 13.0. The van der Waals surface area contributed by atoms with Gasteiger partial charge in [0.2, 0.25) is 0 Å². The highest BCUT2D eigenvalue weighted by atomic mass is 32.2. The van der Waals surface area contributed by atoms with E-state index in [2.05, 4.69) is 0 Å². The van der Waals surface area contributed by atoms with Crippen LogP contribution in [0.15, 0.2) is 70.0 Å². The lowest BCUT2D eigenvalue weighted by Crippen LogP contribution is -2.34. The van der Waals surface area contributed by atoms with Crippen molar-refractivity contribution in [2.24, 2.45) is 0 Å². The Hall–Kier alpha value is -3.72. The minimum atomic E-state index is -3.57. The average Bonchev–Trinajstić information content (AvgIpc) is 3.35. The van der Waals surface area contributed by atoms with Crippen LogP contribution in [0.25, 0.3) is 5.57 Å². The quantitative estimate of drug-likeness (QED) is 0.460. The van der Waals surface area contributed by atoms with E-state index in [-0.39, 0.29) is 28.1 Å². The number of amides is 1. The summed E-state index contributed by atoms with van der Waals surface area (Å²) in [6, 6.07) is 14.8. The maximum absolute atomic E-state index is 13.0. The first-order valence-electron chi connectivity index (χ1n) is 11.0. The van der Waals surface area contributed by atoms with E-state index in [1.54, 1.807) is 56.6 Å². The van der Waals surface area contributed by atoms with Crippen molar-refractivity contribution in [1.29, 1.82) is 0 Å². The van der Waals surface area contributed by atoms with Gasteiger partial charge >= 0.3 is 0 Å². The Bertz CT molecular complexity index is 1320. The van der Waals surface area contributed by atoms with Gasteiger partial charge in [0.1, 0.15) is 28.8 Å². The lowest BCUT2D eigenvalue weighted by molar-refractivity contribution is 0.0739. The molecule has 0 spiro atoms. The van der Waals surface area contributed by atoms with Gasteiger partial charge < -0.3 is 23.5 Å². The zero-order valence-corrected chi connectivity index (χ0v) is 20.6. The Labute approximate surface area is 204 Å². The molecule has 0 N–H and O–H groups in total. The number of rotatable bonds is 8. The number of ether oxygens (including phenoxy) is 3.